The van der Waals surface area contributed by atoms with Gasteiger partial charge in [-0.3, -0.25) is 9.59 Å². The van der Waals surface area contributed by atoms with Gasteiger partial charge in [0.1, 0.15) is 0 Å². The fraction of sp³-hybridized carbons (Fsp3) is 0.308. The van der Waals surface area contributed by atoms with Gasteiger partial charge in [0.2, 0.25) is 5.91 Å². The number of carboxylic acids is 1. The molecule has 0 fully saturated rings. The molecule has 1 amide bonds. The quantitative estimate of drug-likeness (QED) is 0.773. The van der Waals surface area contributed by atoms with Crippen LogP contribution in [0.4, 0.5) is 5.69 Å². The summed E-state index contributed by atoms with van der Waals surface area (Å²) in [4.78, 5) is 33.4. The van der Waals surface area contributed by atoms with E-state index in [4.69, 9.17) is 9.84 Å². The van der Waals surface area contributed by atoms with Crippen LogP contribution < -0.4 is 5.32 Å². The summed E-state index contributed by atoms with van der Waals surface area (Å²) in [5, 5.41) is 11.1. The molecule has 0 unspecified atom stereocenters. The van der Waals surface area contributed by atoms with E-state index in [-0.39, 0.29) is 19.4 Å². The molecule has 1 aromatic rings. The molecule has 0 heterocycles. The minimum absolute atomic E-state index is 0.110. The lowest BCUT2D eigenvalue weighted by atomic mass is 10.2. The molecule has 7 heteroatoms. The molecule has 108 valence electrons. The van der Waals surface area contributed by atoms with Crippen LogP contribution in [0.2, 0.25) is 0 Å². The van der Waals surface area contributed by atoms with Gasteiger partial charge in [-0.1, -0.05) is 0 Å². The van der Waals surface area contributed by atoms with Gasteiger partial charge in [-0.2, -0.15) is 0 Å². The predicted octanol–water partition coefficient (Wildman–Crippen LogP) is 2.43. The molecule has 1 rings (SSSR count). The van der Waals surface area contributed by atoms with E-state index >= 15 is 0 Å². The molecular weight excluding hydrogens is 330 g/mol. The van der Waals surface area contributed by atoms with Gasteiger partial charge in [-0.15, -0.1) is 0 Å². The average Bonchev–Trinajstić information content (AvgIpc) is 2.39. The Labute approximate surface area is 124 Å². The third-order valence-corrected chi connectivity index (χ3v) is 2.98. The number of hydrogen-bond acceptors (Lipinski definition) is 4. The highest BCUT2D eigenvalue weighted by Crippen LogP contribution is 2.24. The zero-order valence-electron chi connectivity index (χ0n) is 10.8. The van der Waals surface area contributed by atoms with Gasteiger partial charge in [-0.05, 0) is 41.1 Å². The minimum atomic E-state index is -1.03. The Morgan fingerprint density at radius 3 is 2.55 bits per heavy atom. The van der Waals surface area contributed by atoms with Gasteiger partial charge in [0, 0.05) is 10.9 Å². The van der Waals surface area contributed by atoms with Crippen LogP contribution >= 0.6 is 15.9 Å². The first-order valence-corrected chi connectivity index (χ1v) is 6.71. The first-order chi connectivity index (χ1) is 9.43. The average molecular weight is 344 g/mol. The fourth-order valence-corrected chi connectivity index (χ4v) is 1.87. The number of ether oxygens (including phenoxy) is 1. The highest BCUT2D eigenvalue weighted by Gasteiger charge is 2.11. The minimum Gasteiger partial charge on any atom is -0.481 e. The molecule has 0 aliphatic heterocycles. The second-order valence-electron chi connectivity index (χ2n) is 3.86. The summed E-state index contributed by atoms with van der Waals surface area (Å²) in [6.07, 6.45) is -0.342. The first-order valence-electron chi connectivity index (χ1n) is 5.92. The van der Waals surface area contributed by atoms with E-state index in [1.807, 2.05) is 0 Å². The van der Waals surface area contributed by atoms with Crippen molar-refractivity contribution in [3.05, 3.63) is 28.2 Å². The Bertz CT molecular complexity index is 529. The van der Waals surface area contributed by atoms with E-state index in [2.05, 4.69) is 21.2 Å². The maximum atomic E-state index is 11.5. The lowest BCUT2D eigenvalue weighted by Gasteiger charge is -2.08. The van der Waals surface area contributed by atoms with Crippen molar-refractivity contribution >= 4 is 39.5 Å². The van der Waals surface area contributed by atoms with Crippen LogP contribution in [-0.4, -0.2) is 29.6 Å². The number of anilines is 1. The Hall–Kier alpha value is -1.89. The van der Waals surface area contributed by atoms with Crippen molar-refractivity contribution in [3.8, 4) is 0 Å². The topological polar surface area (TPSA) is 92.7 Å². The van der Waals surface area contributed by atoms with E-state index in [0.717, 1.165) is 0 Å². The fourth-order valence-electron chi connectivity index (χ4n) is 1.39. The van der Waals surface area contributed by atoms with E-state index in [1.54, 1.807) is 13.0 Å². The lowest BCUT2D eigenvalue weighted by Crippen LogP contribution is -2.14. The summed E-state index contributed by atoms with van der Waals surface area (Å²) in [5.41, 5.74) is 0.829. The molecule has 0 bridgehead atoms. The van der Waals surface area contributed by atoms with Crippen molar-refractivity contribution in [2.45, 2.75) is 19.8 Å². The van der Waals surface area contributed by atoms with E-state index in [0.29, 0.717) is 15.7 Å². The third kappa shape index (κ3) is 5.00. The predicted molar refractivity (Wildman–Crippen MR) is 75.6 cm³/mol. The molecule has 2 N–H and O–H groups in total. The Morgan fingerprint density at radius 1 is 1.30 bits per heavy atom. The largest absolute Gasteiger partial charge is 0.481 e. The van der Waals surface area contributed by atoms with Gasteiger partial charge in [0.25, 0.3) is 0 Å². The standard InChI is InChI=1S/C13H14BrNO5/c1-2-20-13(19)8-3-4-10(9(14)7-8)15-11(16)5-6-12(17)18/h3-4,7H,2,5-6H2,1H3,(H,15,16)(H,17,18). The van der Waals surface area contributed by atoms with Crippen LogP contribution in [0.25, 0.3) is 0 Å². The monoisotopic (exact) mass is 343 g/mol. The van der Waals surface area contributed by atoms with Crippen LogP contribution in [0.3, 0.4) is 0 Å². The van der Waals surface area contributed by atoms with E-state index < -0.39 is 17.8 Å². The van der Waals surface area contributed by atoms with E-state index in [1.165, 1.54) is 12.1 Å². The number of carbonyl (C=O) groups is 3. The number of amides is 1. The highest BCUT2D eigenvalue weighted by molar-refractivity contribution is 9.10. The van der Waals surface area contributed by atoms with Crippen LogP contribution in [0.5, 0.6) is 0 Å². The molecule has 0 saturated carbocycles. The maximum absolute atomic E-state index is 11.5. The number of carboxylic acid groups (broad SMARTS) is 1. The van der Waals surface area contributed by atoms with Crippen molar-refractivity contribution in [2.75, 3.05) is 11.9 Å². The van der Waals surface area contributed by atoms with Gasteiger partial charge in [0.05, 0.1) is 24.3 Å². The summed E-state index contributed by atoms with van der Waals surface area (Å²) in [6, 6.07) is 4.61. The molecule has 6 nitrogen and oxygen atoms in total. The molecule has 20 heavy (non-hydrogen) atoms. The third-order valence-electron chi connectivity index (χ3n) is 2.32. The molecule has 0 aliphatic rings. The second-order valence-corrected chi connectivity index (χ2v) is 4.71. The van der Waals surface area contributed by atoms with Gasteiger partial charge in [0.15, 0.2) is 0 Å². The SMILES string of the molecule is CCOC(=O)c1ccc(NC(=O)CCC(=O)O)c(Br)c1. The Morgan fingerprint density at radius 2 is 2.00 bits per heavy atom. The summed E-state index contributed by atoms with van der Waals surface area (Å²) < 4.78 is 5.38. The summed E-state index contributed by atoms with van der Waals surface area (Å²) in [7, 11) is 0. The number of halogens is 1. The number of aliphatic carboxylic acids is 1. The molecule has 0 spiro atoms. The van der Waals surface area contributed by atoms with Gasteiger partial charge in [-0.25, -0.2) is 4.79 Å². The molecule has 0 saturated heterocycles. The molecule has 0 aliphatic carbocycles. The number of rotatable bonds is 6. The summed E-state index contributed by atoms with van der Waals surface area (Å²) >= 11 is 3.24. The van der Waals surface area contributed by atoms with Gasteiger partial charge >= 0.3 is 11.9 Å². The number of esters is 1. The van der Waals surface area contributed by atoms with E-state index in [9.17, 15) is 14.4 Å². The number of carbonyl (C=O) groups excluding carboxylic acids is 2. The highest BCUT2D eigenvalue weighted by atomic mass is 79.9. The molecule has 0 radical (unpaired) electrons. The molecular formula is C13H14BrNO5. The van der Waals surface area contributed by atoms with Crippen molar-refractivity contribution < 1.29 is 24.2 Å². The van der Waals surface area contributed by atoms with Crippen LogP contribution in [0, 0.1) is 0 Å². The smallest absolute Gasteiger partial charge is 0.338 e. The van der Waals surface area contributed by atoms with Crippen LogP contribution in [0.1, 0.15) is 30.1 Å². The zero-order valence-corrected chi connectivity index (χ0v) is 12.4. The van der Waals surface area contributed by atoms with Crippen molar-refractivity contribution in [1.29, 1.82) is 0 Å². The number of nitrogens with one attached hydrogen (secondary N) is 1. The van der Waals surface area contributed by atoms with Crippen LogP contribution in [-0.2, 0) is 14.3 Å². The normalized spacial score (nSPS) is 9.90. The second kappa shape index (κ2) is 7.64. The van der Waals surface area contributed by atoms with Crippen molar-refractivity contribution in [3.63, 3.8) is 0 Å². The number of benzene rings is 1. The van der Waals surface area contributed by atoms with Crippen LogP contribution in [0.15, 0.2) is 22.7 Å². The first kappa shape index (κ1) is 16.2. The molecule has 1 aromatic carbocycles. The molecule has 0 aromatic heterocycles. The van der Waals surface area contributed by atoms with Crippen molar-refractivity contribution in [1.82, 2.24) is 0 Å². The lowest BCUT2D eigenvalue weighted by molar-refractivity contribution is -0.138. The van der Waals surface area contributed by atoms with Gasteiger partial charge < -0.3 is 15.2 Å². The maximum Gasteiger partial charge on any atom is 0.338 e. The Kier molecular flexibility index (Phi) is 6.17. The zero-order chi connectivity index (χ0) is 15.1. The summed E-state index contributed by atoms with van der Waals surface area (Å²) in [6.45, 7) is 1.99. The van der Waals surface area contributed by atoms with Crippen molar-refractivity contribution in [2.24, 2.45) is 0 Å². The number of hydrogen-bond donors (Lipinski definition) is 2. The molecule has 0 atom stereocenters. The summed E-state index contributed by atoms with van der Waals surface area (Å²) in [5.74, 6) is -1.88. The Balaban J connectivity index is 2.71.